The Kier molecular flexibility index (Phi) is 5.14. The predicted molar refractivity (Wildman–Crippen MR) is 121 cm³/mol. The number of aryl methyl sites for hydroxylation is 2. The second kappa shape index (κ2) is 7.99. The van der Waals surface area contributed by atoms with Crippen LogP contribution >= 0.6 is 0 Å². The predicted octanol–water partition coefficient (Wildman–Crippen LogP) is 1.42. The van der Waals surface area contributed by atoms with E-state index >= 15 is 0 Å². The first-order chi connectivity index (χ1) is 15.4. The molecule has 1 saturated heterocycles. The summed E-state index contributed by atoms with van der Waals surface area (Å²) in [6, 6.07) is 9.28. The average molecular weight is 453 g/mol. The fraction of sp³-hybridized carbons (Fsp3) is 0.333. The zero-order valence-corrected chi connectivity index (χ0v) is 18.8. The van der Waals surface area contributed by atoms with E-state index in [1.807, 2.05) is 55.2 Å². The Morgan fingerprint density at radius 1 is 1.00 bits per heavy atom. The lowest BCUT2D eigenvalue weighted by Gasteiger charge is -2.34. The molecule has 0 radical (unpaired) electrons. The molecule has 0 unspecified atom stereocenters. The summed E-state index contributed by atoms with van der Waals surface area (Å²) in [4.78, 5) is 15.8. The molecule has 5 rings (SSSR count). The Balaban J connectivity index is 1.37. The highest BCUT2D eigenvalue weighted by Crippen LogP contribution is 2.28. The molecule has 0 saturated carbocycles. The van der Waals surface area contributed by atoms with Crippen molar-refractivity contribution in [2.45, 2.75) is 5.75 Å². The van der Waals surface area contributed by atoms with E-state index < -0.39 is 10.0 Å². The van der Waals surface area contributed by atoms with Gasteiger partial charge in [-0.1, -0.05) is 30.3 Å². The number of nitrogens with zero attached hydrogens (tertiary/aromatic N) is 8. The summed E-state index contributed by atoms with van der Waals surface area (Å²) < 4.78 is 31.0. The normalized spacial score (nSPS) is 15.5. The molecule has 166 valence electrons. The van der Waals surface area contributed by atoms with Crippen LogP contribution in [0.5, 0.6) is 0 Å². The van der Waals surface area contributed by atoms with Gasteiger partial charge in [-0.15, -0.1) is 0 Å². The summed E-state index contributed by atoms with van der Waals surface area (Å²) >= 11 is 0. The van der Waals surface area contributed by atoms with Crippen LogP contribution in [0.2, 0.25) is 0 Å². The van der Waals surface area contributed by atoms with E-state index in [0.717, 1.165) is 28.4 Å². The molecule has 1 aliphatic heterocycles. The summed E-state index contributed by atoms with van der Waals surface area (Å²) in [5.41, 5.74) is 3.13. The highest BCUT2D eigenvalue weighted by atomic mass is 32.2. The van der Waals surface area contributed by atoms with E-state index in [9.17, 15) is 8.42 Å². The number of sulfonamides is 1. The van der Waals surface area contributed by atoms with Crippen LogP contribution in [0.25, 0.3) is 22.6 Å². The van der Waals surface area contributed by atoms with E-state index in [0.29, 0.717) is 31.7 Å². The lowest BCUT2D eigenvalue weighted by atomic mass is 10.2. The van der Waals surface area contributed by atoms with Gasteiger partial charge in [-0.2, -0.15) is 9.40 Å². The number of hydrogen-bond acceptors (Lipinski definition) is 7. The van der Waals surface area contributed by atoms with E-state index in [1.165, 1.54) is 6.33 Å². The molecule has 0 aliphatic carbocycles. The van der Waals surface area contributed by atoms with Gasteiger partial charge in [0.25, 0.3) is 0 Å². The van der Waals surface area contributed by atoms with Gasteiger partial charge in [0, 0.05) is 46.5 Å². The molecule has 0 atom stereocenters. The summed E-state index contributed by atoms with van der Waals surface area (Å²) in [5, 5.41) is 4.23. The third kappa shape index (κ3) is 3.73. The lowest BCUT2D eigenvalue weighted by molar-refractivity contribution is 0.383. The maximum atomic E-state index is 12.9. The molecule has 0 amide bonds. The van der Waals surface area contributed by atoms with Crippen molar-refractivity contribution in [1.82, 2.24) is 33.6 Å². The first-order valence-corrected chi connectivity index (χ1v) is 12.0. The van der Waals surface area contributed by atoms with Gasteiger partial charge in [-0.25, -0.2) is 23.4 Å². The van der Waals surface area contributed by atoms with Crippen LogP contribution in [0.4, 0.5) is 5.82 Å². The van der Waals surface area contributed by atoms with Gasteiger partial charge in [0.2, 0.25) is 10.0 Å². The second-order valence-electron chi connectivity index (χ2n) is 7.89. The van der Waals surface area contributed by atoms with E-state index in [2.05, 4.69) is 20.0 Å². The Morgan fingerprint density at radius 3 is 2.44 bits per heavy atom. The highest BCUT2D eigenvalue weighted by Gasteiger charge is 2.29. The lowest BCUT2D eigenvalue weighted by Crippen LogP contribution is -2.49. The standard InChI is InChI=1S/C21H24N8O2S/c1-26-13-17(12-24-26)19-25-18-20(27(19)2)22-15-23-21(18)28-8-10-29(11-9-28)32(30,31)14-16-6-4-3-5-7-16/h3-7,12-13,15H,8-11,14H2,1-2H3. The monoisotopic (exact) mass is 452 g/mol. The maximum absolute atomic E-state index is 12.9. The van der Waals surface area contributed by atoms with Gasteiger partial charge in [0.15, 0.2) is 17.0 Å². The number of hydrogen-bond donors (Lipinski definition) is 0. The number of benzene rings is 1. The summed E-state index contributed by atoms with van der Waals surface area (Å²) in [7, 11) is 0.407. The number of aromatic nitrogens is 6. The van der Waals surface area contributed by atoms with Crippen LogP contribution in [0.15, 0.2) is 49.1 Å². The molecular weight excluding hydrogens is 428 g/mol. The molecule has 4 heterocycles. The van der Waals surface area contributed by atoms with Crippen molar-refractivity contribution in [1.29, 1.82) is 0 Å². The minimum Gasteiger partial charge on any atom is -0.352 e. The molecule has 0 bridgehead atoms. The van der Waals surface area contributed by atoms with Crippen molar-refractivity contribution < 1.29 is 8.42 Å². The van der Waals surface area contributed by atoms with Gasteiger partial charge in [-0.05, 0) is 5.56 Å². The topological polar surface area (TPSA) is 102 Å². The number of anilines is 1. The largest absolute Gasteiger partial charge is 0.352 e. The Hall–Kier alpha value is -3.31. The van der Waals surface area contributed by atoms with Gasteiger partial charge in [0.1, 0.15) is 12.2 Å². The summed E-state index contributed by atoms with van der Waals surface area (Å²) in [6.45, 7) is 1.89. The van der Waals surface area contributed by atoms with Gasteiger partial charge in [0.05, 0.1) is 17.5 Å². The zero-order chi connectivity index (χ0) is 22.3. The number of fused-ring (bicyclic) bond motifs is 1. The second-order valence-corrected chi connectivity index (χ2v) is 9.86. The molecule has 3 aromatic heterocycles. The highest BCUT2D eigenvalue weighted by molar-refractivity contribution is 7.88. The Labute approximate surface area is 186 Å². The maximum Gasteiger partial charge on any atom is 0.218 e. The van der Waals surface area contributed by atoms with Crippen LogP contribution in [0.3, 0.4) is 0 Å². The molecule has 0 N–H and O–H groups in total. The third-order valence-electron chi connectivity index (χ3n) is 5.72. The molecule has 11 heteroatoms. The van der Waals surface area contributed by atoms with Crippen molar-refractivity contribution >= 4 is 27.0 Å². The van der Waals surface area contributed by atoms with Crippen molar-refractivity contribution in [2.75, 3.05) is 31.1 Å². The van der Waals surface area contributed by atoms with Gasteiger partial charge in [-0.3, -0.25) is 4.68 Å². The van der Waals surface area contributed by atoms with Crippen LogP contribution in [0.1, 0.15) is 5.56 Å². The number of imidazole rings is 1. The van der Waals surface area contributed by atoms with Crippen molar-refractivity contribution in [3.05, 3.63) is 54.6 Å². The van der Waals surface area contributed by atoms with Crippen LogP contribution in [-0.2, 0) is 29.9 Å². The first-order valence-electron chi connectivity index (χ1n) is 10.4. The van der Waals surface area contributed by atoms with Crippen LogP contribution < -0.4 is 4.90 Å². The SMILES string of the molecule is Cn1cc(-c2nc3c(N4CCN(S(=O)(=O)Cc5ccccc5)CC4)ncnc3n2C)cn1. The van der Waals surface area contributed by atoms with E-state index in [1.54, 1.807) is 15.2 Å². The quantitative estimate of drug-likeness (QED) is 0.451. The third-order valence-corrected chi connectivity index (χ3v) is 7.57. The zero-order valence-electron chi connectivity index (χ0n) is 18.0. The molecule has 1 aromatic carbocycles. The van der Waals surface area contributed by atoms with Crippen molar-refractivity contribution in [2.24, 2.45) is 14.1 Å². The molecule has 1 fully saturated rings. The minimum atomic E-state index is -3.38. The number of piperazine rings is 1. The van der Waals surface area contributed by atoms with Crippen molar-refractivity contribution in [3.8, 4) is 11.4 Å². The Morgan fingerprint density at radius 2 is 1.75 bits per heavy atom. The molecular formula is C21H24N8O2S. The summed E-state index contributed by atoms with van der Waals surface area (Å²) in [6.07, 6.45) is 5.21. The minimum absolute atomic E-state index is 0.0142. The molecule has 0 spiro atoms. The van der Waals surface area contributed by atoms with Crippen molar-refractivity contribution in [3.63, 3.8) is 0 Å². The average Bonchev–Trinajstić information content (AvgIpc) is 3.37. The van der Waals surface area contributed by atoms with Gasteiger partial charge >= 0.3 is 0 Å². The molecule has 10 nitrogen and oxygen atoms in total. The molecule has 32 heavy (non-hydrogen) atoms. The first kappa shape index (κ1) is 20.6. The summed E-state index contributed by atoms with van der Waals surface area (Å²) in [5.74, 6) is 1.50. The van der Waals surface area contributed by atoms with Gasteiger partial charge < -0.3 is 9.47 Å². The van der Waals surface area contributed by atoms with Crippen LogP contribution in [-0.4, -0.2) is 68.2 Å². The molecule has 4 aromatic rings. The van der Waals surface area contributed by atoms with E-state index in [-0.39, 0.29) is 5.75 Å². The fourth-order valence-electron chi connectivity index (χ4n) is 4.07. The van der Waals surface area contributed by atoms with Crippen LogP contribution in [0, 0.1) is 0 Å². The molecule has 1 aliphatic rings. The fourth-order valence-corrected chi connectivity index (χ4v) is 5.58. The smallest absolute Gasteiger partial charge is 0.218 e. The van der Waals surface area contributed by atoms with E-state index in [4.69, 9.17) is 4.98 Å². The Bertz CT molecular complexity index is 1360. The number of rotatable bonds is 5.